The smallest absolute Gasteiger partial charge is 0.351 e. The third-order valence-electron chi connectivity index (χ3n) is 2.61. The molecule has 0 aromatic heterocycles. The van der Waals surface area contributed by atoms with Crippen LogP contribution in [-0.4, -0.2) is 29.4 Å². The molecule has 2 aromatic carbocycles. The fourth-order valence-corrected chi connectivity index (χ4v) is 5.72. The Bertz CT molecular complexity index is 744. The number of phenols is 1. The molecule has 0 radical (unpaired) electrons. The molecule has 0 fully saturated rings. The van der Waals surface area contributed by atoms with E-state index in [4.69, 9.17) is 19.6 Å². The lowest BCUT2D eigenvalue weighted by atomic mass is 10.1. The Kier molecular flexibility index (Phi) is 4.52. The van der Waals surface area contributed by atoms with Crippen molar-refractivity contribution in [3.8, 4) is 5.75 Å². The molecule has 0 saturated heterocycles. The van der Waals surface area contributed by atoms with Crippen LogP contribution in [0.2, 0.25) is 0 Å². The molecule has 0 aliphatic heterocycles. The second kappa shape index (κ2) is 5.74. The highest BCUT2D eigenvalue weighted by atomic mass is 32.2. The van der Waals surface area contributed by atoms with Gasteiger partial charge in [0.2, 0.25) is 4.73 Å². The molecule has 5 N–H and O–H groups in total. The van der Waals surface area contributed by atoms with Crippen LogP contribution in [0.1, 0.15) is 0 Å². The number of aromatic hydroxyl groups is 1. The molecule has 2 aromatic rings. The van der Waals surface area contributed by atoms with Crippen molar-refractivity contribution in [1.29, 1.82) is 0 Å². The summed E-state index contributed by atoms with van der Waals surface area (Å²) in [7, 11) is -9.94. The van der Waals surface area contributed by atoms with E-state index >= 15 is 0 Å². The SMILES string of the molecule is O=P(O)(O)C(Sc1ccc2cc(O)ccc2c1)P(=O)(O)O. The van der Waals surface area contributed by atoms with E-state index < -0.39 is 19.9 Å². The van der Waals surface area contributed by atoms with Gasteiger partial charge in [0, 0.05) is 4.90 Å². The second-order valence-electron chi connectivity index (χ2n) is 4.32. The summed E-state index contributed by atoms with van der Waals surface area (Å²) in [5.74, 6) is 0.0752. The zero-order chi connectivity index (χ0) is 15.8. The van der Waals surface area contributed by atoms with Gasteiger partial charge < -0.3 is 24.7 Å². The number of rotatable bonds is 4. The minimum Gasteiger partial charge on any atom is -0.508 e. The number of phenolic OH excluding ortho intramolecular Hbond substituents is 1. The lowest BCUT2D eigenvalue weighted by molar-refractivity contribution is 0.352. The van der Waals surface area contributed by atoms with Gasteiger partial charge in [-0.05, 0) is 35.0 Å². The molecule has 0 aliphatic rings. The Morgan fingerprint density at radius 3 is 1.95 bits per heavy atom. The first kappa shape index (κ1) is 16.5. The Morgan fingerprint density at radius 1 is 0.857 bits per heavy atom. The minimum atomic E-state index is -4.97. The van der Waals surface area contributed by atoms with Crippen molar-refractivity contribution in [2.45, 2.75) is 9.63 Å². The van der Waals surface area contributed by atoms with E-state index in [1.54, 1.807) is 12.1 Å². The van der Waals surface area contributed by atoms with Crippen LogP contribution in [0.4, 0.5) is 0 Å². The van der Waals surface area contributed by atoms with Gasteiger partial charge >= 0.3 is 15.2 Å². The van der Waals surface area contributed by atoms with Gasteiger partial charge in [-0.2, -0.15) is 0 Å². The van der Waals surface area contributed by atoms with E-state index in [1.165, 1.54) is 24.3 Å². The summed E-state index contributed by atoms with van der Waals surface area (Å²) in [6.07, 6.45) is 0. The zero-order valence-electron chi connectivity index (χ0n) is 10.4. The summed E-state index contributed by atoms with van der Waals surface area (Å²) >= 11 is 0.433. The Labute approximate surface area is 123 Å². The molecule has 0 amide bonds. The molecule has 114 valence electrons. The molecule has 2 rings (SSSR count). The predicted octanol–water partition coefficient (Wildman–Crippen LogP) is 2.28. The average Bonchev–Trinajstić information content (AvgIpc) is 2.33. The molecule has 0 spiro atoms. The van der Waals surface area contributed by atoms with Crippen molar-refractivity contribution in [3.05, 3.63) is 36.4 Å². The molecule has 0 bridgehead atoms. The van der Waals surface area contributed by atoms with E-state index in [0.29, 0.717) is 27.4 Å². The van der Waals surface area contributed by atoms with Gasteiger partial charge in [-0.3, -0.25) is 9.13 Å². The van der Waals surface area contributed by atoms with Crippen molar-refractivity contribution < 1.29 is 33.8 Å². The van der Waals surface area contributed by atoms with Crippen molar-refractivity contribution in [3.63, 3.8) is 0 Å². The lowest BCUT2D eigenvalue weighted by Gasteiger charge is -2.19. The Balaban J connectivity index is 2.40. The lowest BCUT2D eigenvalue weighted by Crippen LogP contribution is -2.04. The maximum Gasteiger partial charge on any atom is 0.351 e. The molecular formula is C11H12O7P2S. The molecule has 10 heteroatoms. The molecule has 21 heavy (non-hydrogen) atoms. The van der Waals surface area contributed by atoms with Crippen LogP contribution in [0.25, 0.3) is 10.8 Å². The molecule has 7 nitrogen and oxygen atoms in total. The molecule has 0 aliphatic carbocycles. The molecular weight excluding hydrogens is 338 g/mol. The van der Waals surface area contributed by atoms with Crippen LogP contribution >= 0.6 is 27.0 Å². The topological polar surface area (TPSA) is 135 Å². The van der Waals surface area contributed by atoms with Crippen molar-refractivity contribution in [2.75, 3.05) is 0 Å². The largest absolute Gasteiger partial charge is 0.508 e. The third-order valence-corrected chi connectivity index (χ3v) is 8.59. The first-order valence-electron chi connectivity index (χ1n) is 5.57. The van der Waals surface area contributed by atoms with Gasteiger partial charge in [0.15, 0.2) is 0 Å². The first-order valence-corrected chi connectivity index (χ1v) is 9.81. The number of benzene rings is 2. The van der Waals surface area contributed by atoms with Crippen LogP contribution in [0.5, 0.6) is 5.75 Å². The number of thioether (sulfide) groups is 1. The highest BCUT2D eigenvalue weighted by Crippen LogP contribution is 2.65. The van der Waals surface area contributed by atoms with Gasteiger partial charge in [-0.15, -0.1) is 0 Å². The maximum atomic E-state index is 11.2. The van der Waals surface area contributed by atoms with Crippen molar-refractivity contribution in [2.24, 2.45) is 0 Å². The number of hydrogen-bond donors (Lipinski definition) is 5. The van der Waals surface area contributed by atoms with Crippen LogP contribution in [0, 0.1) is 0 Å². The van der Waals surface area contributed by atoms with Crippen LogP contribution < -0.4 is 0 Å². The van der Waals surface area contributed by atoms with Gasteiger partial charge in [0.1, 0.15) is 5.75 Å². The fourth-order valence-electron chi connectivity index (χ4n) is 1.74. The van der Waals surface area contributed by atoms with E-state index in [-0.39, 0.29) is 5.75 Å². The van der Waals surface area contributed by atoms with Crippen LogP contribution in [0.15, 0.2) is 41.3 Å². The van der Waals surface area contributed by atoms with E-state index in [1.807, 2.05) is 0 Å². The molecule has 0 saturated carbocycles. The summed E-state index contributed by atoms with van der Waals surface area (Å²) < 4.78 is 20.3. The highest BCUT2D eigenvalue weighted by molar-refractivity contribution is 8.12. The standard InChI is InChI=1S/C11H12O7P2S/c12-9-3-1-8-6-10(4-2-7(8)5-9)21-11(19(13,14)15)20(16,17)18/h1-6,11-12H,(H2,13,14,15)(H2,16,17,18). The van der Waals surface area contributed by atoms with Gasteiger partial charge in [-0.1, -0.05) is 23.9 Å². The van der Waals surface area contributed by atoms with Crippen molar-refractivity contribution >= 4 is 37.7 Å². The number of fused-ring (bicyclic) bond motifs is 1. The fraction of sp³-hybridized carbons (Fsp3) is 0.0909. The van der Waals surface area contributed by atoms with Gasteiger partial charge in [-0.25, -0.2) is 0 Å². The summed E-state index contributed by atoms with van der Waals surface area (Å²) in [6, 6.07) is 9.16. The first-order chi connectivity index (χ1) is 9.57. The van der Waals surface area contributed by atoms with Gasteiger partial charge in [0.05, 0.1) is 0 Å². The maximum absolute atomic E-state index is 11.2. The highest BCUT2D eigenvalue weighted by Gasteiger charge is 2.44. The second-order valence-corrected chi connectivity index (χ2v) is 9.99. The predicted molar refractivity (Wildman–Crippen MR) is 79.3 cm³/mol. The number of hydrogen-bond acceptors (Lipinski definition) is 4. The normalized spacial score (nSPS) is 13.0. The summed E-state index contributed by atoms with van der Waals surface area (Å²) in [5, 5.41) is 10.7. The van der Waals surface area contributed by atoms with Crippen LogP contribution in [-0.2, 0) is 9.13 Å². The molecule has 0 unspecified atom stereocenters. The Morgan fingerprint density at radius 2 is 1.38 bits per heavy atom. The average molecular weight is 350 g/mol. The summed E-state index contributed by atoms with van der Waals surface area (Å²) in [5.41, 5.74) is 0. The monoisotopic (exact) mass is 350 g/mol. The Hall–Kier alpha value is -0.850. The van der Waals surface area contributed by atoms with Crippen molar-refractivity contribution in [1.82, 2.24) is 0 Å². The zero-order valence-corrected chi connectivity index (χ0v) is 13.0. The van der Waals surface area contributed by atoms with Crippen LogP contribution in [0.3, 0.4) is 0 Å². The molecule has 0 atom stereocenters. The third kappa shape index (κ3) is 4.08. The van der Waals surface area contributed by atoms with Gasteiger partial charge in [0.25, 0.3) is 0 Å². The van der Waals surface area contributed by atoms with E-state index in [9.17, 15) is 14.2 Å². The molecule has 0 heterocycles. The quantitative estimate of drug-likeness (QED) is 0.419. The van der Waals surface area contributed by atoms with E-state index in [2.05, 4.69) is 0 Å². The minimum absolute atomic E-state index is 0.0752. The van der Waals surface area contributed by atoms with E-state index in [0.717, 1.165) is 0 Å². The summed E-state index contributed by atoms with van der Waals surface area (Å²) in [6.45, 7) is 0. The summed E-state index contributed by atoms with van der Waals surface area (Å²) in [4.78, 5) is 36.7.